The first-order valence-corrected chi connectivity index (χ1v) is 11.8. The van der Waals surface area contributed by atoms with Gasteiger partial charge in [0.25, 0.3) is 0 Å². The number of rotatable bonds is 6. The summed E-state index contributed by atoms with van der Waals surface area (Å²) in [6, 6.07) is 23.4. The van der Waals surface area contributed by atoms with E-state index in [2.05, 4.69) is 98.8 Å². The Morgan fingerprint density at radius 2 is 1.27 bits per heavy atom. The van der Waals surface area contributed by atoms with E-state index in [1.807, 2.05) is 0 Å². The number of ether oxygens (including phenoxy) is 2. The molecule has 0 unspecified atom stereocenters. The van der Waals surface area contributed by atoms with Gasteiger partial charge in [0.1, 0.15) is 23.0 Å². The minimum atomic E-state index is -0.120. The Bertz CT molecular complexity index is 1300. The molecule has 0 saturated carbocycles. The molecular weight excluding hydrogens is 404 g/mol. The van der Waals surface area contributed by atoms with Gasteiger partial charge in [0.2, 0.25) is 0 Å². The van der Waals surface area contributed by atoms with Crippen LogP contribution in [0.25, 0.3) is 0 Å². The first kappa shape index (κ1) is 20.1. The molecule has 0 spiro atoms. The molecule has 2 heteroatoms. The second-order valence-corrected chi connectivity index (χ2v) is 9.74. The Labute approximate surface area is 195 Å². The number of benzene rings is 3. The number of hydrogen-bond donors (Lipinski definition) is 0. The van der Waals surface area contributed by atoms with Crippen LogP contribution in [0.1, 0.15) is 48.9 Å². The predicted octanol–water partition coefficient (Wildman–Crippen LogP) is 7.83. The van der Waals surface area contributed by atoms with Crippen LogP contribution in [0, 0.1) is 0 Å². The minimum absolute atomic E-state index is 0.120. The summed E-state index contributed by atoms with van der Waals surface area (Å²) >= 11 is 0. The van der Waals surface area contributed by atoms with Crippen LogP contribution in [0.15, 0.2) is 102 Å². The molecule has 0 aliphatic heterocycles. The highest BCUT2D eigenvalue weighted by Gasteiger charge is 2.24. The second kappa shape index (κ2) is 7.81. The van der Waals surface area contributed by atoms with Crippen molar-refractivity contribution in [2.45, 2.75) is 44.9 Å². The zero-order valence-electron chi connectivity index (χ0n) is 19.2. The van der Waals surface area contributed by atoms with E-state index in [1.165, 1.54) is 39.8 Å². The maximum Gasteiger partial charge on any atom is 0.127 e. The van der Waals surface area contributed by atoms with Crippen LogP contribution in [0.2, 0.25) is 0 Å². The lowest BCUT2D eigenvalue weighted by Crippen LogP contribution is -2.18. The first-order chi connectivity index (χ1) is 16.0. The molecule has 0 amide bonds. The molecular formula is C31H28O2. The molecule has 3 aliphatic carbocycles. The van der Waals surface area contributed by atoms with E-state index < -0.39 is 0 Å². The van der Waals surface area contributed by atoms with Crippen molar-refractivity contribution in [2.24, 2.45) is 0 Å². The Morgan fingerprint density at radius 1 is 0.636 bits per heavy atom. The van der Waals surface area contributed by atoms with Gasteiger partial charge in [0, 0.05) is 11.8 Å². The Kier molecular flexibility index (Phi) is 4.76. The molecule has 0 fully saturated rings. The van der Waals surface area contributed by atoms with Crippen molar-refractivity contribution in [3.8, 4) is 17.2 Å². The minimum Gasteiger partial charge on any atom is -0.461 e. The summed E-state index contributed by atoms with van der Waals surface area (Å²) in [7, 11) is 0. The maximum absolute atomic E-state index is 6.13. The normalized spacial score (nSPS) is 16.2. The number of hydrogen-bond acceptors (Lipinski definition) is 2. The fourth-order valence-electron chi connectivity index (χ4n) is 4.80. The van der Waals surface area contributed by atoms with Crippen LogP contribution in [-0.4, -0.2) is 0 Å². The molecule has 3 aromatic rings. The predicted molar refractivity (Wildman–Crippen MR) is 133 cm³/mol. The zero-order valence-corrected chi connectivity index (χ0v) is 19.2. The van der Waals surface area contributed by atoms with Crippen molar-refractivity contribution in [1.29, 1.82) is 0 Å². The summed E-state index contributed by atoms with van der Waals surface area (Å²) in [5.74, 6) is 3.70. The lowest BCUT2D eigenvalue weighted by molar-refractivity contribution is 0.410. The van der Waals surface area contributed by atoms with Crippen molar-refractivity contribution in [3.05, 3.63) is 124 Å². The van der Waals surface area contributed by atoms with E-state index in [0.717, 1.165) is 42.3 Å². The van der Waals surface area contributed by atoms with E-state index in [0.29, 0.717) is 0 Å². The SMILES string of the molecule is CC(C)(c1ccc(OC2=CC=C3CC=C3C2)cc1)c1ccc(Oc2ccc3c(c2)CC3)cc1. The molecule has 0 heterocycles. The third-order valence-corrected chi connectivity index (χ3v) is 7.29. The third kappa shape index (κ3) is 3.80. The highest BCUT2D eigenvalue weighted by molar-refractivity contribution is 5.50. The summed E-state index contributed by atoms with van der Waals surface area (Å²) in [5.41, 5.74) is 8.13. The lowest BCUT2D eigenvalue weighted by Gasteiger charge is -2.27. The van der Waals surface area contributed by atoms with Gasteiger partial charge >= 0.3 is 0 Å². The Balaban J connectivity index is 1.14. The Hall–Kier alpha value is -3.52. The van der Waals surface area contributed by atoms with Crippen molar-refractivity contribution >= 4 is 0 Å². The van der Waals surface area contributed by atoms with Crippen LogP contribution in [-0.2, 0) is 18.3 Å². The van der Waals surface area contributed by atoms with Gasteiger partial charge in [-0.1, -0.05) is 56.3 Å². The summed E-state index contributed by atoms with van der Waals surface area (Å²) in [6.45, 7) is 4.52. The van der Waals surface area contributed by atoms with Gasteiger partial charge < -0.3 is 9.47 Å². The molecule has 6 rings (SSSR count). The van der Waals surface area contributed by atoms with Crippen LogP contribution in [0.3, 0.4) is 0 Å². The van der Waals surface area contributed by atoms with Crippen molar-refractivity contribution in [2.75, 3.05) is 0 Å². The van der Waals surface area contributed by atoms with Gasteiger partial charge in [-0.2, -0.15) is 0 Å². The summed E-state index contributed by atoms with van der Waals surface area (Å²) in [6.07, 6.45) is 10.9. The molecule has 0 atom stereocenters. The standard InChI is InChI=1S/C31H28O2/c1-31(2,25-9-15-27(16-10-25)32-29-13-7-21-3-5-23(21)19-29)26-11-17-28(18-12-26)33-30-14-8-22-4-6-24(22)20-30/h5,7-18,20H,3-4,6,19H2,1-2H3. The quantitative estimate of drug-likeness (QED) is 0.395. The molecule has 0 aromatic heterocycles. The molecule has 0 N–H and O–H groups in total. The second-order valence-electron chi connectivity index (χ2n) is 9.74. The molecule has 164 valence electrons. The van der Waals surface area contributed by atoms with Crippen LogP contribution < -0.4 is 9.47 Å². The molecule has 0 radical (unpaired) electrons. The summed E-state index contributed by atoms with van der Waals surface area (Å²) in [5, 5.41) is 0. The number of aryl methyl sites for hydroxylation is 2. The van der Waals surface area contributed by atoms with Gasteiger partial charge in [-0.3, -0.25) is 0 Å². The molecule has 0 saturated heterocycles. The summed E-state index contributed by atoms with van der Waals surface area (Å²) < 4.78 is 12.2. The van der Waals surface area contributed by atoms with Crippen LogP contribution in [0.5, 0.6) is 17.2 Å². The summed E-state index contributed by atoms with van der Waals surface area (Å²) in [4.78, 5) is 0. The van der Waals surface area contributed by atoms with Gasteiger partial charge in [-0.15, -0.1) is 0 Å². The van der Waals surface area contributed by atoms with Gasteiger partial charge in [0.15, 0.2) is 0 Å². The maximum atomic E-state index is 6.13. The monoisotopic (exact) mass is 432 g/mol. The fraction of sp³-hybridized carbons (Fsp3) is 0.226. The highest BCUT2D eigenvalue weighted by Crippen LogP contribution is 2.37. The van der Waals surface area contributed by atoms with Crippen LogP contribution in [0.4, 0.5) is 0 Å². The van der Waals surface area contributed by atoms with Crippen molar-refractivity contribution < 1.29 is 9.47 Å². The Morgan fingerprint density at radius 3 is 1.82 bits per heavy atom. The highest BCUT2D eigenvalue weighted by atomic mass is 16.5. The first-order valence-electron chi connectivity index (χ1n) is 11.8. The van der Waals surface area contributed by atoms with Gasteiger partial charge in [0.05, 0.1) is 0 Å². The smallest absolute Gasteiger partial charge is 0.127 e. The fourth-order valence-corrected chi connectivity index (χ4v) is 4.80. The van der Waals surface area contributed by atoms with Crippen molar-refractivity contribution in [3.63, 3.8) is 0 Å². The van der Waals surface area contributed by atoms with E-state index in [-0.39, 0.29) is 5.41 Å². The van der Waals surface area contributed by atoms with Gasteiger partial charge in [-0.25, -0.2) is 0 Å². The molecule has 0 bridgehead atoms. The molecule has 33 heavy (non-hydrogen) atoms. The zero-order chi connectivity index (χ0) is 22.4. The van der Waals surface area contributed by atoms with E-state index in [9.17, 15) is 0 Å². The number of allylic oxidation sites excluding steroid dienone is 5. The average molecular weight is 433 g/mol. The van der Waals surface area contributed by atoms with Gasteiger partial charge in [-0.05, 0) is 95.1 Å². The van der Waals surface area contributed by atoms with E-state index in [4.69, 9.17) is 9.47 Å². The van der Waals surface area contributed by atoms with Crippen LogP contribution >= 0.6 is 0 Å². The van der Waals surface area contributed by atoms with Crippen molar-refractivity contribution in [1.82, 2.24) is 0 Å². The largest absolute Gasteiger partial charge is 0.461 e. The molecule has 3 aliphatic rings. The lowest BCUT2D eigenvalue weighted by atomic mass is 9.78. The number of fused-ring (bicyclic) bond motifs is 2. The topological polar surface area (TPSA) is 18.5 Å². The third-order valence-electron chi connectivity index (χ3n) is 7.29. The molecule has 3 aromatic carbocycles. The van der Waals surface area contributed by atoms with E-state index in [1.54, 1.807) is 0 Å². The van der Waals surface area contributed by atoms with E-state index >= 15 is 0 Å². The molecule has 2 nitrogen and oxygen atoms in total. The average Bonchev–Trinajstić information content (AvgIpc) is 2.78.